The van der Waals surface area contributed by atoms with Gasteiger partial charge in [0.2, 0.25) is 0 Å². The number of nitrogens with zero attached hydrogens (tertiary/aromatic N) is 2. The second kappa shape index (κ2) is 5.28. The summed E-state index contributed by atoms with van der Waals surface area (Å²) < 4.78 is 5.26. The van der Waals surface area contributed by atoms with E-state index in [0.717, 1.165) is 10.5 Å². The highest BCUT2D eigenvalue weighted by molar-refractivity contribution is 8.28. The van der Waals surface area contributed by atoms with Crippen molar-refractivity contribution in [2.24, 2.45) is 0 Å². The van der Waals surface area contributed by atoms with E-state index in [-0.39, 0.29) is 0 Å². The Balaban J connectivity index is 1.77. The smallest absolute Gasteiger partial charge is 0.263 e. The lowest BCUT2D eigenvalue weighted by molar-refractivity contribution is 0.407. The SMILES string of the molecule is [CH2][SH]1C=CC=C1c1nc(C=Cc2ccccc2)no1. The average Bonchev–Trinajstić information content (AvgIpc) is 3.06. The van der Waals surface area contributed by atoms with Crippen molar-refractivity contribution in [2.45, 2.75) is 0 Å². The molecule has 0 aliphatic carbocycles. The summed E-state index contributed by atoms with van der Waals surface area (Å²) >= 11 is 0. The molecule has 0 saturated heterocycles. The van der Waals surface area contributed by atoms with Crippen molar-refractivity contribution in [2.75, 3.05) is 0 Å². The van der Waals surface area contributed by atoms with E-state index in [1.807, 2.05) is 54.6 Å². The van der Waals surface area contributed by atoms with Gasteiger partial charge in [-0.3, -0.25) is 0 Å². The van der Waals surface area contributed by atoms with Crippen molar-refractivity contribution in [1.82, 2.24) is 10.1 Å². The van der Waals surface area contributed by atoms with Gasteiger partial charge in [-0.1, -0.05) is 47.6 Å². The number of hydrogen-bond acceptors (Lipinski definition) is 3. The number of allylic oxidation sites excluding steroid dienone is 2. The van der Waals surface area contributed by atoms with Gasteiger partial charge >= 0.3 is 0 Å². The normalized spacial score (nSPS) is 20.1. The number of thiol groups is 1. The summed E-state index contributed by atoms with van der Waals surface area (Å²) in [5, 5.41) is 6.02. The first-order valence-corrected chi connectivity index (χ1v) is 7.48. The Labute approximate surface area is 114 Å². The maximum Gasteiger partial charge on any atom is 0.263 e. The van der Waals surface area contributed by atoms with Crippen molar-refractivity contribution >= 4 is 28.0 Å². The van der Waals surface area contributed by atoms with Crippen molar-refractivity contribution in [3.63, 3.8) is 0 Å². The molecule has 2 heterocycles. The lowest BCUT2D eigenvalue weighted by Crippen LogP contribution is -1.81. The van der Waals surface area contributed by atoms with Crippen molar-refractivity contribution < 1.29 is 4.52 Å². The summed E-state index contributed by atoms with van der Waals surface area (Å²) in [6, 6.07) is 10.0. The largest absolute Gasteiger partial charge is 0.333 e. The molecule has 4 heteroatoms. The van der Waals surface area contributed by atoms with Crippen LogP contribution in [0.3, 0.4) is 0 Å². The predicted molar refractivity (Wildman–Crippen MR) is 81.1 cm³/mol. The minimum atomic E-state index is -0.534. The first kappa shape index (κ1) is 12.0. The van der Waals surface area contributed by atoms with Gasteiger partial charge in [0.15, 0.2) is 5.82 Å². The van der Waals surface area contributed by atoms with Crippen LogP contribution >= 0.6 is 10.9 Å². The van der Waals surface area contributed by atoms with E-state index in [1.54, 1.807) is 0 Å². The predicted octanol–water partition coefficient (Wildman–Crippen LogP) is 3.90. The highest BCUT2D eigenvalue weighted by Crippen LogP contribution is 2.44. The van der Waals surface area contributed by atoms with Crippen LogP contribution < -0.4 is 0 Å². The zero-order chi connectivity index (χ0) is 13.1. The fourth-order valence-electron chi connectivity index (χ4n) is 1.75. The summed E-state index contributed by atoms with van der Waals surface area (Å²) in [4.78, 5) is 5.39. The van der Waals surface area contributed by atoms with Crippen molar-refractivity contribution in [3.05, 3.63) is 71.4 Å². The number of rotatable bonds is 3. The van der Waals surface area contributed by atoms with E-state index in [9.17, 15) is 0 Å². The number of benzene rings is 1. The molecule has 0 N–H and O–H groups in total. The Bertz CT molecular complexity index is 656. The summed E-state index contributed by atoms with van der Waals surface area (Å²) in [7, 11) is -0.534. The quantitative estimate of drug-likeness (QED) is 0.859. The van der Waals surface area contributed by atoms with Gasteiger partial charge in [0, 0.05) is 0 Å². The molecule has 1 unspecified atom stereocenters. The van der Waals surface area contributed by atoms with Gasteiger partial charge in [0.25, 0.3) is 5.89 Å². The van der Waals surface area contributed by atoms with Gasteiger partial charge in [-0.2, -0.15) is 4.98 Å². The molecule has 95 valence electrons. The molecule has 1 aliphatic heterocycles. The van der Waals surface area contributed by atoms with Crippen LogP contribution in [0.5, 0.6) is 0 Å². The minimum Gasteiger partial charge on any atom is -0.333 e. The second-order valence-corrected chi connectivity index (χ2v) is 5.78. The lowest BCUT2D eigenvalue weighted by Gasteiger charge is -2.05. The van der Waals surface area contributed by atoms with Crippen LogP contribution in [0.4, 0.5) is 0 Å². The highest BCUT2D eigenvalue weighted by atomic mass is 32.2. The van der Waals surface area contributed by atoms with Crippen LogP contribution in [0.2, 0.25) is 0 Å². The van der Waals surface area contributed by atoms with E-state index < -0.39 is 10.9 Å². The molecule has 2 aromatic rings. The van der Waals surface area contributed by atoms with Crippen LogP contribution in [0.25, 0.3) is 17.1 Å². The maximum absolute atomic E-state index is 5.26. The fourth-order valence-corrected chi connectivity index (χ4v) is 2.82. The molecule has 1 atom stereocenters. The fraction of sp³-hybridized carbons (Fsp3) is 0. The van der Waals surface area contributed by atoms with Gasteiger partial charge in [-0.25, -0.2) is 10.9 Å². The molecule has 0 bridgehead atoms. The van der Waals surface area contributed by atoms with Gasteiger partial charge in [-0.05, 0) is 29.4 Å². The Morgan fingerprint density at radius 2 is 2.00 bits per heavy atom. The van der Waals surface area contributed by atoms with Crippen molar-refractivity contribution in [3.8, 4) is 0 Å². The standard InChI is InChI=1S/C15H13N2OS/c1-19-11-5-8-13(19)15-16-14(17-18-15)10-9-12-6-3-2-4-7-12/h2-11,19H,1H2. The van der Waals surface area contributed by atoms with E-state index >= 15 is 0 Å². The molecule has 3 rings (SSSR count). The lowest BCUT2D eigenvalue weighted by atomic mass is 10.2. The molecule has 1 radical (unpaired) electrons. The number of aromatic nitrogens is 2. The van der Waals surface area contributed by atoms with Crippen LogP contribution in [0, 0.1) is 6.26 Å². The Morgan fingerprint density at radius 3 is 2.74 bits per heavy atom. The van der Waals surface area contributed by atoms with Crippen LogP contribution in [0.15, 0.2) is 52.4 Å². The first-order valence-electron chi connectivity index (χ1n) is 5.88. The van der Waals surface area contributed by atoms with Gasteiger partial charge < -0.3 is 4.52 Å². The van der Waals surface area contributed by atoms with Gasteiger partial charge in [-0.15, -0.1) is 0 Å². The molecule has 1 aliphatic rings. The van der Waals surface area contributed by atoms with Crippen LogP contribution in [-0.4, -0.2) is 10.1 Å². The molecule has 0 spiro atoms. The molecular weight excluding hydrogens is 256 g/mol. The molecule has 1 aromatic carbocycles. The molecular formula is C15H13N2OS. The summed E-state index contributed by atoms with van der Waals surface area (Å²) in [6.07, 6.45) is 11.8. The Hall–Kier alpha value is -2.07. The first-order chi connectivity index (χ1) is 9.33. The average molecular weight is 269 g/mol. The van der Waals surface area contributed by atoms with E-state index in [1.165, 1.54) is 0 Å². The van der Waals surface area contributed by atoms with E-state index in [4.69, 9.17) is 4.52 Å². The summed E-state index contributed by atoms with van der Waals surface area (Å²) in [6.45, 7) is 0. The third-order valence-electron chi connectivity index (χ3n) is 2.71. The van der Waals surface area contributed by atoms with Crippen LogP contribution in [0.1, 0.15) is 17.3 Å². The Morgan fingerprint density at radius 1 is 1.16 bits per heavy atom. The highest BCUT2D eigenvalue weighted by Gasteiger charge is 2.15. The minimum absolute atomic E-state index is 0.534. The van der Waals surface area contributed by atoms with Gasteiger partial charge in [0.1, 0.15) is 0 Å². The zero-order valence-corrected chi connectivity index (χ0v) is 11.1. The second-order valence-electron chi connectivity index (χ2n) is 4.06. The topological polar surface area (TPSA) is 38.9 Å². The van der Waals surface area contributed by atoms with E-state index in [2.05, 4.69) is 21.8 Å². The maximum atomic E-state index is 5.26. The van der Waals surface area contributed by atoms with Crippen LogP contribution in [-0.2, 0) is 0 Å². The molecule has 0 amide bonds. The summed E-state index contributed by atoms with van der Waals surface area (Å²) in [5.41, 5.74) is 1.11. The Kier molecular flexibility index (Phi) is 3.33. The van der Waals surface area contributed by atoms with Gasteiger partial charge in [0.05, 0.1) is 4.91 Å². The molecule has 0 saturated carbocycles. The van der Waals surface area contributed by atoms with E-state index in [0.29, 0.717) is 11.7 Å². The monoisotopic (exact) mass is 269 g/mol. The third kappa shape index (κ3) is 2.69. The summed E-state index contributed by atoms with van der Waals surface area (Å²) in [5.74, 6) is 1.15. The molecule has 0 fully saturated rings. The molecule has 1 aromatic heterocycles. The molecule has 3 nitrogen and oxygen atoms in total. The van der Waals surface area contributed by atoms with Crippen molar-refractivity contribution in [1.29, 1.82) is 0 Å². The number of hydrogen-bond donors (Lipinski definition) is 1. The third-order valence-corrected chi connectivity index (χ3v) is 4.21. The molecule has 19 heavy (non-hydrogen) atoms. The zero-order valence-electron chi connectivity index (χ0n) is 10.2.